The van der Waals surface area contributed by atoms with Crippen LogP contribution in [0.5, 0.6) is 0 Å². The molecule has 0 aliphatic heterocycles. The molecule has 2 atom stereocenters. The number of nitrogens with zero attached hydrogens (tertiary/aromatic N) is 1. The molecule has 2 aromatic rings. The Morgan fingerprint density at radius 3 is 2.62 bits per heavy atom. The molecule has 0 spiro atoms. The van der Waals surface area contributed by atoms with Crippen molar-refractivity contribution < 1.29 is 4.52 Å². The molecule has 1 aliphatic rings. The van der Waals surface area contributed by atoms with Crippen molar-refractivity contribution in [3.63, 3.8) is 0 Å². The number of nitrogen functional groups attached to an aromatic ring is 1. The fourth-order valence-corrected chi connectivity index (χ4v) is 2.15. The Bertz CT molecular complexity index is 504. The quantitative estimate of drug-likeness (QED) is 0.835. The monoisotopic (exact) mass is 214 g/mol. The summed E-state index contributed by atoms with van der Waals surface area (Å²) in [5.41, 5.74) is 7.95. The smallest absolute Gasteiger partial charge is 0.175 e. The molecule has 0 radical (unpaired) electrons. The second-order valence-corrected chi connectivity index (χ2v) is 4.49. The SMILES string of the molecule is CC1CC1c1onc(N)c1-c1ccccc1. The van der Waals surface area contributed by atoms with E-state index >= 15 is 0 Å². The third kappa shape index (κ3) is 1.40. The van der Waals surface area contributed by atoms with Gasteiger partial charge in [-0.3, -0.25) is 0 Å². The van der Waals surface area contributed by atoms with Crippen molar-refractivity contribution in [2.45, 2.75) is 19.3 Å². The molecule has 0 amide bonds. The summed E-state index contributed by atoms with van der Waals surface area (Å²) in [5.74, 6) is 2.64. The largest absolute Gasteiger partial charge is 0.380 e. The lowest BCUT2D eigenvalue weighted by Crippen LogP contribution is -1.89. The first-order chi connectivity index (χ1) is 7.77. The molecule has 1 fully saturated rings. The predicted octanol–water partition coefficient (Wildman–Crippen LogP) is 3.05. The first-order valence-corrected chi connectivity index (χ1v) is 5.58. The van der Waals surface area contributed by atoms with Crippen LogP contribution in [0.4, 0.5) is 5.82 Å². The highest BCUT2D eigenvalue weighted by atomic mass is 16.5. The average molecular weight is 214 g/mol. The molecule has 3 nitrogen and oxygen atoms in total. The average Bonchev–Trinajstić information content (AvgIpc) is 2.89. The number of hydrogen-bond acceptors (Lipinski definition) is 3. The molecule has 3 rings (SSSR count). The van der Waals surface area contributed by atoms with Gasteiger partial charge in [0.1, 0.15) is 5.76 Å². The molecule has 2 N–H and O–H groups in total. The molecule has 2 unspecified atom stereocenters. The lowest BCUT2D eigenvalue weighted by atomic mass is 10.0. The highest BCUT2D eigenvalue weighted by Crippen LogP contribution is 2.51. The maximum absolute atomic E-state index is 5.88. The molecule has 1 aromatic carbocycles. The first kappa shape index (κ1) is 9.46. The van der Waals surface area contributed by atoms with E-state index in [2.05, 4.69) is 12.1 Å². The Morgan fingerprint density at radius 1 is 1.31 bits per heavy atom. The minimum atomic E-state index is 0.500. The Morgan fingerprint density at radius 2 is 2.00 bits per heavy atom. The zero-order valence-electron chi connectivity index (χ0n) is 9.18. The van der Waals surface area contributed by atoms with Crippen LogP contribution >= 0.6 is 0 Å². The summed E-state index contributed by atoms with van der Waals surface area (Å²) in [5, 5.41) is 3.89. The van der Waals surface area contributed by atoms with Gasteiger partial charge in [-0.05, 0) is 17.9 Å². The van der Waals surface area contributed by atoms with Gasteiger partial charge in [-0.15, -0.1) is 0 Å². The summed E-state index contributed by atoms with van der Waals surface area (Å²) in [6.07, 6.45) is 1.18. The number of nitrogens with two attached hydrogens (primary N) is 1. The van der Waals surface area contributed by atoms with Gasteiger partial charge in [-0.25, -0.2) is 0 Å². The minimum absolute atomic E-state index is 0.500. The van der Waals surface area contributed by atoms with Crippen LogP contribution in [0.25, 0.3) is 11.1 Å². The normalized spacial score (nSPS) is 23.3. The van der Waals surface area contributed by atoms with Gasteiger partial charge in [0.2, 0.25) is 0 Å². The number of benzene rings is 1. The maximum Gasteiger partial charge on any atom is 0.175 e. The Kier molecular flexibility index (Phi) is 1.99. The molecular weight excluding hydrogens is 200 g/mol. The third-order valence-corrected chi connectivity index (χ3v) is 3.25. The van der Waals surface area contributed by atoms with Crippen LogP contribution in [0, 0.1) is 5.92 Å². The number of hydrogen-bond donors (Lipinski definition) is 1. The summed E-state index contributed by atoms with van der Waals surface area (Å²) in [7, 11) is 0. The highest BCUT2D eigenvalue weighted by molar-refractivity contribution is 5.76. The van der Waals surface area contributed by atoms with Crippen molar-refractivity contribution in [2.24, 2.45) is 5.92 Å². The third-order valence-electron chi connectivity index (χ3n) is 3.25. The topological polar surface area (TPSA) is 52.0 Å². The van der Waals surface area contributed by atoms with Gasteiger partial charge in [0, 0.05) is 5.92 Å². The van der Waals surface area contributed by atoms with E-state index in [-0.39, 0.29) is 0 Å². The maximum atomic E-state index is 5.88. The minimum Gasteiger partial charge on any atom is -0.380 e. The molecule has 1 saturated carbocycles. The van der Waals surface area contributed by atoms with E-state index in [1.165, 1.54) is 6.42 Å². The summed E-state index contributed by atoms with van der Waals surface area (Å²) >= 11 is 0. The van der Waals surface area contributed by atoms with Crippen LogP contribution in [0.15, 0.2) is 34.9 Å². The zero-order chi connectivity index (χ0) is 11.1. The molecule has 82 valence electrons. The summed E-state index contributed by atoms with van der Waals surface area (Å²) in [6, 6.07) is 10.1. The van der Waals surface area contributed by atoms with Gasteiger partial charge in [0.25, 0.3) is 0 Å². The molecule has 1 aliphatic carbocycles. The van der Waals surface area contributed by atoms with Gasteiger partial charge in [0.05, 0.1) is 5.56 Å². The predicted molar refractivity (Wildman–Crippen MR) is 62.9 cm³/mol. The van der Waals surface area contributed by atoms with Crippen LogP contribution in [-0.4, -0.2) is 5.16 Å². The molecule has 0 saturated heterocycles. The fourth-order valence-electron chi connectivity index (χ4n) is 2.15. The van der Waals surface area contributed by atoms with E-state index in [0.717, 1.165) is 16.9 Å². The molecule has 1 aromatic heterocycles. The Labute approximate surface area is 94.2 Å². The van der Waals surface area contributed by atoms with E-state index in [0.29, 0.717) is 17.7 Å². The molecule has 0 bridgehead atoms. The van der Waals surface area contributed by atoms with Crippen molar-refractivity contribution in [3.05, 3.63) is 36.1 Å². The van der Waals surface area contributed by atoms with E-state index in [9.17, 15) is 0 Å². The van der Waals surface area contributed by atoms with Crippen LogP contribution in [-0.2, 0) is 0 Å². The van der Waals surface area contributed by atoms with Crippen LogP contribution in [0.2, 0.25) is 0 Å². The second-order valence-electron chi connectivity index (χ2n) is 4.49. The number of rotatable bonds is 2. The lowest BCUT2D eigenvalue weighted by Gasteiger charge is -2.00. The van der Waals surface area contributed by atoms with Crippen molar-refractivity contribution >= 4 is 5.82 Å². The standard InChI is InChI=1S/C13H14N2O/c1-8-7-10(8)12-11(13(14)15-16-12)9-5-3-2-4-6-9/h2-6,8,10H,7H2,1H3,(H2,14,15). The summed E-state index contributed by atoms with van der Waals surface area (Å²) < 4.78 is 5.37. The van der Waals surface area contributed by atoms with Gasteiger partial charge in [-0.2, -0.15) is 0 Å². The van der Waals surface area contributed by atoms with E-state index in [1.54, 1.807) is 0 Å². The van der Waals surface area contributed by atoms with E-state index in [4.69, 9.17) is 10.3 Å². The van der Waals surface area contributed by atoms with Gasteiger partial charge in [-0.1, -0.05) is 42.4 Å². The van der Waals surface area contributed by atoms with Crippen LogP contribution in [0.1, 0.15) is 25.0 Å². The molecule has 3 heteroatoms. The van der Waals surface area contributed by atoms with Crippen molar-refractivity contribution in [3.8, 4) is 11.1 Å². The second kappa shape index (κ2) is 3.37. The van der Waals surface area contributed by atoms with E-state index in [1.807, 2.05) is 30.3 Å². The van der Waals surface area contributed by atoms with Crippen LogP contribution in [0.3, 0.4) is 0 Å². The van der Waals surface area contributed by atoms with Crippen molar-refractivity contribution in [1.82, 2.24) is 5.16 Å². The lowest BCUT2D eigenvalue weighted by molar-refractivity contribution is 0.384. The van der Waals surface area contributed by atoms with Gasteiger partial charge in [0.15, 0.2) is 5.82 Å². The highest BCUT2D eigenvalue weighted by Gasteiger charge is 2.40. The van der Waals surface area contributed by atoms with Crippen molar-refractivity contribution in [1.29, 1.82) is 0 Å². The Hall–Kier alpha value is -1.77. The number of anilines is 1. The van der Waals surface area contributed by atoms with Crippen LogP contribution < -0.4 is 5.73 Å². The zero-order valence-corrected chi connectivity index (χ0v) is 9.18. The van der Waals surface area contributed by atoms with Gasteiger partial charge >= 0.3 is 0 Å². The van der Waals surface area contributed by atoms with Crippen molar-refractivity contribution in [2.75, 3.05) is 5.73 Å². The summed E-state index contributed by atoms with van der Waals surface area (Å²) in [6.45, 7) is 2.22. The number of aromatic nitrogens is 1. The molecular formula is C13H14N2O. The molecule has 16 heavy (non-hydrogen) atoms. The van der Waals surface area contributed by atoms with Gasteiger partial charge < -0.3 is 10.3 Å². The fraction of sp³-hybridized carbons (Fsp3) is 0.308. The Balaban J connectivity index is 2.09. The first-order valence-electron chi connectivity index (χ1n) is 5.58. The molecule has 1 heterocycles. The summed E-state index contributed by atoms with van der Waals surface area (Å²) in [4.78, 5) is 0. The van der Waals surface area contributed by atoms with E-state index < -0.39 is 0 Å².